The van der Waals surface area contributed by atoms with Gasteiger partial charge >= 0.3 is 18.0 Å². The van der Waals surface area contributed by atoms with Crippen LogP contribution in [-0.2, 0) is 30.9 Å². The molecule has 6 aromatic carbocycles. The molecule has 5 amide bonds. The number of fused-ring (bicyclic) bond motifs is 2. The van der Waals surface area contributed by atoms with E-state index in [1.807, 2.05) is 65.8 Å². The number of likely N-dealkylation sites (tertiary alicyclic amines) is 1. The molecule has 8 N–H and O–H groups in total. The predicted octanol–water partition coefficient (Wildman–Crippen LogP) is 9.62. The van der Waals surface area contributed by atoms with E-state index in [9.17, 15) is 46.2 Å². The number of ether oxygens (including phenoxy) is 2. The number of aliphatic hydroxyl groups is 1. The molecule has 1 aliphatic heterocycles. The summed E-state index contributed by atoms with van der Waals surface area (Å²) in [5.41, 5.74) is 3.39. The number of benzene rings is 6. The average molecular weight is 1050 g/mol. The minimum absolute atomic E-state index is 0.117. The maximum atomic E-state index is 13.3. The van der Waals surface area contributed by atoms with Crippen molar-refractivity contribution in [3.8, 4) is 11.5 Å². The predicted molar refractivity (Wildman–Crippen MR) is 292 cm³/mol. The van der Waals surface area contributed by atoms with E-state index in [2.05, 4.69) is 30.7 Å². The standard InChI is InChI=1S/C29H36N4O6S.C24H27N3O6S/c1-29(2,3)18-16-24(26(39-4)25(17-18)32-40(5,37)38)31-28(36)30-23-11-10-22(20-8-6-7-9-21(20)23)27(35)33-14-12-19(34)13-15-33;1-24(2,3)14-12-19(21(33-4)20(13-14)27-34(5,31)32)26-23(30)25-18-11-10-17(22(28)29)15-8-6-7-9-16(15)18/h6-11,16-17,19,32,34H,12-15H2,1-5H3,(H2,30,31,36);6-13,27H,1-5H3,(H,28,29)(H2,25,26,30). The van der Waals surface area contributed by atoms with Crippen molar-refractivity contribution in [3.05, 3.63) is 119 Å². The van der Waals surface area contributed by atoms with E-state index in [4.69, 9.17) is 9.47 Å². The molecule has 0 unspecified atom stereocenters. The monoisotopic (exact) mass is 1050 g/mol. The number of anilines is 6. The first kappa shape index (κ1) is 55.7. The van der Waals surface area contributed by atoms with Crippen LogP contribution in [0.2, 0.25) is 0 Å². The molecule has 74 heavy (non-hydrogen) atoms. The third kappa shape index (κ3) is 13.9. The summed E-state index contributed by atoms with van der Waals surface area (Å²) >= 11 is 0. The summed E-state index contributed by atoms with van der Waals surface area (Å²) in [6.07, 6.45) is 2.79. The van der Waals surface area contributed by atoms with Crippen LogP contribution in [-0.4, -0.2) is 102 Å². The molecule has 1 fully saturated rings. The van der Waals surface area contributed by atoms with Gasteiger partial charge in [0.15, 0.2) is 11.5 Å². The lowest BCUT2D eigenvalue weighted by molar-refractivity contribution is 0.0547. The number of sulfonamides is 2. The topological polar surface area (TPSA) is 271 Å². The molecule has 0 atom stereocenters. The largest absolute Gasteiger partial charge is 0.492 e. The number of nitrogens with zero attached hydrogens (tertiary/aromatic N) is 1. The van der Waals surface area contributed by atoms with Crippen LogP contribution in [0.25, 0.3) is 21.5 Å². The molecule has 6 aromatic rings. The van der Waals surface area contributed by atoms with Crippen LogP contribution >= 0.6 is 0 Å². The number of nitrogens with one attached hydrogen (secondary N) is 6. The summed E-state index contributed by atoms with van der Waals surface area (Å²) in [6.45, 7) is 12.8. The Morgan fingerprint density at radius 1 is 0.541 bits per heavy atom. The third-order valence-corrected chi connectivity index (χ3v) is 13.1. The molecule has 21 heteroatoms. The van der Waals surface area contributed by atoms with Gasteiger partial charge in [-0.05, 0) is 94.1 Å². The second kappa shape index (κ2) is 22.2. The van der Waals surface area contributed by atoms with E-state index in [0.717, 1.165) is 23.6 Å². The Labute approximate surface area is 431 Å². The number of carboxylic acid groups (broad SMARTS) is 1. The summed E-state index contributed by atoms with van der Waals surface area (Å²) in [5, 5.41) is 32.8. The number of aliphatic hydroxyl groups excluding tert-OH is 1. The third-order valence-electron chi connectivity index (χ3n) is 12.0. The van der Waals surface area contributed by atoms with Crippen molar-refractivity contribution in [3.63, 3.8) is 0 Å². The number of rotatable bonds is 12. The van der Waals surface area contributed by atoms with Crippen LogP contribution in [0.4, 0.5) is 43.7 Å². The van der Waals surface area contributed by atoms with Gasteiger partial charge in [0.05, 0.1) is 72.5 Å². The highest BCUT2D eigenvalue weighted by molar-refractivity contribution is 7.92. The SMILES string of the molecule is COc1c(NC(=O)Nc2ccc(C(=O)N3CCC(O)CC3)c3ccccc23)cc(C(C)(C)C)cc1NS(C)(=O)=O.COc1c(NC(=O)Nc2ccc(C(=O)O)c3ccccc23)cc(C(C)(C)C)cc1NS(C)(=O)=O. The maximum absolute atomic E-state index is 13.3. The Kier molecular flexibility index (Phi) is 16.7. The molecule has 1 aliphatic rings. The number of carboxylic acids is 1. The molecule has 7 rings (SSSR count). The molecule has 19 nitrogen and oxygen atoms in total. The highest BCUT2D eigenvalue weighted by Crippen LogP contribution is 2.41. The number of methoxy groups -OCH3 is 2. The molecular formula is C53H63N7O12S2. The number of urea groups is 2. The van der Waals surface area contributed by atoms with Gasteiger partial charge in [0.25, 0.3) is 5.91 Å². The second-order valence-electron chi connectivity index (χ2n) is 19.9. The van der Waals surface area contributed by atoms with Crippen molar-refractivity contribution in [1.82, 2.24) is 4.90 Å². The van der Waals surface area contributed by atoms with Crippen LogP contribution in [0.1, 0.15) is 86.2 Å². The Morgan fingerprint density at radius 3 is 1.26 bits per heavy atom. The molecule has 0 aliphatic carbocycles. The summed E-state index contributed by atoms with van der Waals surface area (Å²) in [7, 11) is -4.45. The van der Waals surface area contributed by atoms with E-state index in [1.165, 1.54) is 26.4 Å². The second-order valence-corrected chi connectivity index (χ2v) is 23.4. The molecule has 0 spiro atoms. The van der Waals surface area contributed by atoms with Crippen molar-refractivity contribution in [1.29, 1.82) is 0 Å². The number of hydrogen-bond donors (Lipinski definition) is 8. The van der Waals surface area contributed by atoms with Crippen LogP contribution in [0.3, 0.4) is 0 Å². The van der Waals surface area contributed by atoms with Crippen LogP contribution < -0.4 is 40.2 Å². The van der Waals surface area contributed by atoms with Gasteiger partial charge in [-0.1, -0.05) is 90.1 Å². The first-order valence-corrected chi connectivity index (χ1v) is 27.2. The van der Waals surface area contributed by atoms with Crippen LogP contribution in [0.5, 0.6) is 11.5 Å². The zero-order chi connectivity index (χ0) is 54.5. The fraction of sp³-hybridized carbons (Fsp3) is 0.321. The number of carbonyl (C=O) groups is 4. The lowest BCUT2D eigenvalue weighted by Gasteiger charge is -2.30. The van der Waals surface area contributed by atoms with Crippen LogP contribution in [0.15, 0.2) is 97.1 Å². The van der Waals surface area contributed by atoms with Gasteiger partial charge in [-0.3, -0.25) is 14.2 Å². The van der Waals surface area contributed by atoms with E-state index in [-0.39, 0.29) is 57.0 Å². The first-order valence-electron chi connectivity index (χ1n) is 23.4. The van der Waals surface area contributed by atoms with Gasteiger partial charge in [-0.2, -0.15) is 0 Å². The lowest BCUT2D eigenvalue weighted by atomic mass is 9.86. The molecule has 394 valence electrons. The van der Waals surface area contributed by atoms with Gasteiger partial charge in [0.2, 0.25) is 20.0 Å². The smallest absolute Gasteiger partial charge is 0.336 e. The number of aromatic carboxylic acids is 1. The Hall–Kier alpha value is -7.62. The average Bonchev–Trinajstić information content (AvgIpc) is 3.30. The summed E-state index contributed by atoms with van der Waals surface area (Å²) in [5.74, 6) is -0.860. The molecule has 0 aromatic heterocycles. The van der Waals surface area contributed by atoms with Crippen molar-refractivity contribution >= 4 is 99.7 Å². The number of amides is 5. The lowest BCUT2D eigenvalue weighted by Crippen LogP contribution is -2.40. The number of piperidine rings is 1. The molecule has 1 heterocycles. The maximum Gasteiger partial charge on any atom is 0.336 e. The highest BCUT2D eigenvalue weighted by atomic mass is 32.2. The van der Waals surface area contributed by atoms with E-state index in [1.54, 1.807) is 65.6 Å². The normalized spacial score (nSPS) is 13.3. The fourth-order valence-electron chi connectivity index (χ4n) is 8.28. The van der Waals surface area contributed by atoms with Crippen LogP contribution in [0, 0.1) is 0 Å². The number of carbonyl (C=O) groups excluding carboxylic acids is 3. The van der Waals surface area contributed by atoms with E-state index in [0.29, 0.717) is 70.1 Å². The fourth-order valence-corrected chi connectivity index (χ4v) is 9.38. The quantitative estimate of drug-likeness (QED) is 0.0569. The van der Waals surface area contributed by atoms with E-state index >= 15 is 0 Å². The van der Waals surface area contributed by atoms with Crippen molar-refractivity contribution in [2.45, 2.75) is 71.3 Å². The van der Waals surface area contributed by atoms with E-state index < -0.39 is 38.1 Å². The van der Waals surface area contributed by atoms with Gasteiger partial charge in [-0.25, -0.2) is 31.2 Å². The molecule has 0 saturated carbocycles. The van der Waals surface area contributed by atoms with Crippen molar-refractivity contribution in [2.75, 3.05) is 70.5 Å². The zero-order valence-electron chi connectivity index (χ0n) is 42.9. The van der Waals surface area contributed by atoms with Crippen molar-refractivity contribution in [2.24, 2.45) is 0 Å². The molecule has 0 bridgehead atoms. The minimum Gasteiger partial charge on any atom is -0.492 e. The minimum atomic E-state index is -3.61. The van der Waals surface area contributed by atoms with Gasteiger partial charge < -0.3 is 45.9 Å². The summed E-state index contributed by atoms with van der Waals surface area (Å²) in [6, 6.07) is 26.2. The van der Waals surface area contributed by atoms with Gasteiger partial charge in [-0.15, -0.1) is 0 Å². The Balaban J connectivity index is 0.000000244. The molecule has 0 radical (unpaired) electrons. The Bertz CT molecular complexity index is 3360. The van der Waals surface area contributed by atoms with Crippen molar-refractivity contribution < 1.29 is 55.7 Å². The molecular weight excluding hydrogens is 991 g/mol. The number of hydrogen-bond acceptors (Lipinski definition) is 11. The molecule has 1 saturated heterocycles. The van der Waals surface area contributed by atoms with Gasteiger partial charge in [0.1, 0.15) is 0 Å². The summed E-state index contributed by atoms with van der Waals surface area (Å²) in [4.78, 5) is 52.7. The first-order chi connectivity index (χ1) is 34.6. The summed E-state index contributed by atoms with van der Waals surface area (Å²) < 4.78 is 63.6. The highest BCUT2D eigenvalue weighted by Gasteiger charge is 2.27. The zero-order valence-corrected chi connectivity index (χ0v) is 44.5. The Morgan fingerprint density at radius 2 is 0.892 bits per heavy atom. The van der Waals surface area contributed by atoms with Gasteiger partial charge in [0, 0.05) is 29.4 Å².